The molecule has 8 heteroatoms. The van der Waals surface area contributed by atoms with Crippen molar-refractivity contribution < 1.29 is 18.7 Å². The van der Waals surface area contributed by atoms with Crippen LogP contribution < -0.4 is 15.3 Å². The molecule has 28 heavy (non-hydrogen) atoms. The number of hydrogen-bond acceptors (Lipinski definition) is 8. The molecule has 0 spiro atoms. The molecule has 0 amide bonds. The second-order valence-corrected chi connectivity index (χ2v) is 7.75. The van der Waals surface area contributed by atoms with Crippen molar-refractivity contribution >= 4 is 33.4 Å². The predicted octanol–water partition coefficient (Wildman–Crippen LogP) is 3.08. The Kier molecular flexibility index (Phi) is 4.58. The highest BCUT2D eigenvalue weighted by atomic mass is 32.1. The Hall–Kier alpha value is -2.87. The van der Waals surface area contributed by atoms with Gasteiger partial charge in [0, 0.05) is 19.0 Å². The number of aryl methyl sites for hydroxylation is 1. The fourth-order valence-corrected chi connectivity index (χ4v) is 4.55. The van der Waals surface area contributed by atoms with Gasteiger partial charge in [0.05, 0.1) is 29.2 Å². The average Bonchev–Trinajstić information content (AvgIpc) is 3.23. The molecule has 1 aliphatic heterocycles. The molecule has 0 saturated carbocycles. The minimum atomic E-state index is -0.960. The summed E-state index contributed by atoms with van der Waals surface area (Å²) in [7, 11) is 3.79. The average molecular weight is 400 g/mol. The van der Waals surface area contributed by atoms with Gasteiger partial charge in [0.2, 0.25) is 6.10 Å². The monoisotopic (exact) mass is 400 g/mol. The van der Waals surface area contributed by atoms with E-state index in [9.17, 15) is 9.59 Å². The van der Waals surface area contributed by atoms with Crippen LogP contribution >= 0.6 is 11.3 Å². The highest BCUT2D eigenvalue weighted by Gasteiger charge is 2.46. The number of para-hydroxylation sites is 1. The van der Waals surface area contributed by atoms with Gasteiger partial charge in [-0.2, -0.15) is 0 Å². The third-order valence-corrected chi connectivity index (χ3v) is 6.07. The second-order valence-electron chi connectivity index (χ2n) is 6.74. The van der Waals surface area contributed by atoms with Crippen LogP contribution in [-0.4, -0.2) is 37.8 Å². The molecule has 0 bridgehead atoms. The zero-order chi connectivity index (χ0) is 20.0. The molecule has 7 nitrogen and oxygen atoms in total. The third kappa shape index (κ3) is 2.84. The Morgan fingerprint density at radius 2 is 2.07 bits per heavy atom. The quantitative estimate of drug-likeness (QED) is 0.492. The summed E-state index contributed by atoms with van der Waals surface area (Å²) < 4.78 is 16.8. The molecule has 146 valence electrons. The zero-order valence-corrected chi connectivity index (χ0v) is 16.8. The first kappa shape index (κ1) is 18.5. The van der Waals surface area contributed by atoms with Gasteiger partial charge in [-0.3, -0.25) is 0 Å². The molecule has 1 aliphatic rings. The van der Waals surface area contributed by atoms with E-state index in [1.165, 1.54) is 11.3 Å². The summed E-state index contributed by atoms with van der Waals surface area (Å²) in [6.07, 6.45) is -0.960. The van der Waals surface area contributed by atoms with E-state index in [1.54, 1.807) is 19.1 Å². The number of fused-ring (bicyclic) bond motifs is 3. The highest BCUT2D eigenvalue weighted by Crippen LogP contribution is 2.47. The van der Waals surface area contributed by atoms with E-state index in [4.69, 9.17) is 13.9 Å². The molecule has 0 N–H and O–H groups in total. The topological polar surface area (TPSA) is 81.9 Å². The summed E-state index contributed by atoms with van der Waals surface area (Å²) >= 11 is 1.43. The standard InChI is InChI=1S/C20H20N2O5S/c1-5-25-19(24)16-13(17-10(2)21-20(28-17)22(3)4)14-15(27-16)11-8-6-7-9-12(11)26-18(14)23/h6-9,13,16H,5H2,1-4H3/t13-,16+/m1/s1. The van der Waals surface area contributed by atoms with Gasteiger partial charge in [-0.05, 0) is 26.0 Å². The van der Waals surface area contributed by atoms with Crippen LogP contribution in [0.4, 0.5) is 5.13 Å². The van der Waals surface area contributed by atoms with Crippen LogP contribution in [0.3, 0.4) is 0 Å². The molecular weight excluding hydrogens is 380 g/mol. The lowest BCUT2D eigenvalue weighted by Crippen LogP contribution is -2.32. The van der Waals surface area contributed by atoms with Gasteiger partial charge >= 0.3 is 11.6 Å². The lowest BCUT2D eigenvalue weighted by molar-refractivity contribution is -0.151. The molecule has 1 aromatic carbocycles. The Balaban J connectivity index is 1.96. The van der Waals surface area contributed by atoms with Gasteiger partial charge < -0.3 is 18.8 Å². The van der Waals surface area contributed by atoms with E-state index in [0.29, 0.717) is 22.3 Å². The molecule has 0 unspecified atom stereocenters. The molecular formula is C20H20N2O5S. The maximum Gasteiger partial charge on any atom is 0.348 e. The van der Waals surface area contributed by atoms with E-state index in [2.05, 4.69) is 4.98 Å². The first-order chi connectivity index (χ1) is 13.4. The maximum atomic E-state index is 12.9. The van der Waals surface area contributed by atoms with Crippen LogP contribution in [0.1, 0.15) is 29.0 Å². The van der Waals surface area contributed by atoms with Crippen LogP contribution in [0.2, 0.25) is 0 Å². The van der Waals surface area contributed by atoms with Crippen LogP contribution in [0.5, 0.6) is 5.75 Å². The number of ether oxygens (including phenoxy) is 2. The fourth-order valence-electron chi connectivity index (χ4n) is 3.43. The SMILES string of the molecule is CCOC(=O)[C@H]1Oc2c(c(=O)oc3ccccc23)[C@H]1c1sc(N(C)C)nc1C. The van der Waals surface area contributed by atoms with Gasteiger partial charge in [0.25, 0.3) is 0 Å². The molecule has 2 aromatic heterocycles. The molecule has 4 rings (SSSR count). The molecule has 3 heterocycles. The number of esters is 1. The van der Waals surface area contributed by atoms with Crippen molar-refractivity contribution in [2.24, 2.45) is 0 Å². The van der Waals surface area contributed by atoms with E-state index >= 15 is 0 Å². The highest BCUT2D eigenvalue weighted by molar-refractivity contribution is 7.15. The summed E-state index contributed by atoms with van der Waals surface area (Å²) in [4.78, 5) is 32.8. The molecule has 0 saturated heterocycles. The van der Waals surface area contributed by atoms with Crippen molar-refractivity contribution in [3.63, 3.8) is 0 Å². The number of rotatable bonds is 4. The van der Waals surface area contributed by atoms with Crippen molar-refractivity contribution in [3.05, 3.63) is 50.8 Å². The lowest BCUT2D eigenvalue weighted by Gasteiger charge is -2.16. The number of thiazole rings is 1. The minimum Gasteiger partial charge on any atom is -0.476 e. The van der Waals surface area contributed by atoms with Gasteiger partial charge in [-0.1, -0.05) is 12.1 Å². The lowest BCUT2D eigenvalue weighted by atomic mass is 9.93. The Bertz CT molecular complexity index is 1120. The van der Waals surface area contributed by atoms with Crippen LogP contribution in [0, 0.1) is 6.92 Å². The van der Waals surface area contributed by atoms with Crippen molar-refractivity contribution in [3.8, 4) is 5.75 Å². The predicted molar refractivity (Wildman–Crippen MR) is 107 cm³/mol. The van der Waals surface area contributed by atoms with Gasteiger partial charge in [0.15, 0.2) is 5.13 Å². The van der Waals surface area contributed by atoms with Gasteiger partial charge in [0.1, 0.15) is 11.3 Å². The van der Waals surface area contributed by atoms with Crippen molar-refractivity contribution in [2.75, 3.05) is 25.6 Å². The summed E-state index contributed by atoms with van der Waals surface area (Å²) in [6, 6.07) is 7.13. The smallest absolute Gasteiger partial charge is 0.348 e. The van der Waals surface area contributed by atoms with Crippen LogP contribution in [-0.2, 0) is 9.53 Å². The van der Waals surface area contributed by atoms with Gasteiger partial charge in [-0.15, -0.1) is 11.3 Å². The summed E-state index contributed by atoms with van der Waals surface area (Å²) in [5, 5.41) is 1.44. The van der Waals surface area contributed by atoms with Crippen molar-refractivity contribution in [2.45, 2.75) is 25.9 Å². The Morgan fingerprint density at radius 1 is 1.32 bits per heavy atom. The minimum absolute atomic E-state index is 0.224. The largest absolute Gasteiger partial charge is 0.476 e. The molecule has 0 aliphatic carbocycles. The fraction of sp³-hybridized carbons (Fsp3) is 0.350. The van der Waals surface area contributed by atoms with Crippen LogP contribution in [0.25, 0.3) is 11.0 Å². The number of carbonyl (C=O) groups is 1. The number of aromatic nitrogens is 1. The Labute approximate surface area is 165 Å². The summed E-state index contributed by atoms with van der Waals surface area (Å²) in [5.74, 6) is -0.749. The molecule has 3 aromatic rings. The molecule has 0 fully saturated rings. The van der Waals surface area contributed by atoms with Gasteiger partial charge in [-0.25, -0.2) is 14.6 Å². The number of hydrogen-bond donors (Lipinski definition) is 0. The number of nitrogens with zero attached hydrogens (tertiary/aromatic N) is 2. The summed E-state index contributed by atoms with van der Waals surface area (Å²) in [6.45, 7) is 3.82. The van der Waals surface area contributed by atoms with E-state index in [1.807, 2.05) is 38.1 Å². The number of anilines is 1. The van der Waals surface area contributed by atoms with E-state index < -0.39 is 23.6 Å². The van der Waals surface area contributed by atoms with Crippen molar-refractivity contribution in [1.29, 1.82) is 0 Å². The normalized spacial score (nSPS) is 18.0. The number of benzene rings is 1. The molecule has 2 atom stereocenters. The van der Waals surface area contributed by atoms with Crippen LogP contribution in [0.15, 0.2) is 33.5 Å². The number of carbonyl (C=O) groups excluding carboxylic acids is 1. The second kappa shape index (κ2) is 6.94. The molecule has 0 radical (unpaired) electrons. The third-order valence-electron chi connectivity index (χ3n) is 4.66. The van der Waals surface area contributed by atoms with E-state index in [0.717, 1.165) is 15.7 Å². The first-order valence-electron chi connectivity index (χ1n) is 8.96. The zero-order valence-electron chi connectivity index (χ0n) is 16.0. The van der Waals surface area contributed by atoms with Crippen molar-refractivity contribution in [1.82, 2.24) is 4.98 Å². The Morgan fingerprint density at radius 3 is 2.75 bits per heavy atom. The maximum absolute atomic E-state index is 12.9. The first-order valence-corrected chi connectivity index (χ1v) is 9.77. The van der Waals surface area contributed by atoms with E-state index in [-0.39, 0.29) is 6.61 Å². The summed E-state index contributed by atoms with van der Waals surface area (Å²) in [5.41, 5.74) is 1.00.